The number of anilines is 1. The number of nitrogens with zero attached hydrogens (tertiary/aromatic N) is 4. The number of thioether (sulfide) groups is 1. The Hall–Kier alpha value is -3.40. The highest BCUT2D eigenvalue weighted by Gasteiger charge is 2.22. The first kappa shape index (κ1) is 24.3. The van der Waals surface area contributed by atoms with Gasteiger partial charge in [0.2, 0.25) is 5.91 Å². The lowest BCUT2D eigenvalue weighted by molar-refractivity contribution is -0.113. The summed E-state index contributed by atoms with van der Waals surface area (Å²) in [5.41, 5.74) is 2.86. The number of thiazole rings is 1. The van der Waals surface area contributed by atoms with Crippen LogP contribution in [0.5, 0.6) is 5.75 Å². The highest BCUT2D eigenvalue weighted by Crippen LogP contribution is 2.32. The Kier molecular flexibility index (Phi) is 7.22. The number of aryl methyl sites for hydroxylation is 1. The molecule has 0 spiro atoms. The van der Waals surface area contributed by atoms with Crippen molar-refractivity contribution in [2.24, 2.45) is 0 Å². The Morgan fingerprint density at radius 1 is 1.08 bits per heavy atom. The fourth-order valence-corrected chi connectivity index (χ4v) is 5.57. The van der Waals surface area contributed by atoms with Crippen LogP contribution in [0, 0.1) is 6.92 Å². The van der Waals surface area contributed by atoms with Crippen LogP contribution < -0.4 is 10.1 Å². The van der Waals surface area contributed by atoms with Gasteiger partial charge in [-0.15, -0.1) is 10.2 Å². The highest BCUT2D eigenvalue weighted by atomic mass is 35.5. The molecule has 1 atom stereocenters. The van der Waals surface area contributed by atoms with E-state index in [0.717, 1.165) is 21.5 Å². The lowest BCUT2D eigenvalue weighted by Crippen LogP contribution is -2.15. The third-order valence-electron chi connectivity index (χ3n) is 5.38. The van der Waals surface area contributed by atoms with Crippen molar-refractivity contribution < 1.29 is 9.53 Å². The van der Waals surface area contributed by atoms with Gasteiger partial charge in [0, 0.05) is 5.69 Å². The number of carbonyl (C=O) groups excluding carboxylic acids is 1. The van der Waals surface area contributed by atoms with Crippen molar-refractivity contribution in [3.05, 3.63) is 89.2 Å². The van der Waals surface area contributed by atoms with E-state index < -0.39 is 6.10 Å². The molecule has 7 nitrogen and oxygen atoms in total. The molecule has 0 aliphatic rings. The Labute approximate surface area is 221 Å². The summed E-state index contributed by atoms with van der Waals surface area (Å²) in [6.07, 6.45) is -0.438. The van der Waals surface area contributed by atoms with Gasteiger partial charge in [0.15, 0.2) is 22.2 Å². The van der Waals surface area contributed by atoms with Crippen molar-refractivity contribution in [3.8, 4) is 11.4 Å². The molecule has 5 aromatic rings. The highest BCUT2D eigenvalue weighted by molar-refractivity contribution is 7.99. The smallest absolute Gasteiger partial charge is 0.236 e. The maximum absolute atomic E-state index is 12.8. The monoisotopic (exact) mass is 535 g/mol. The van der Waals surface area contributed by atoms with Gasteiger partial charge in [-0.1, -0.05) is 77.2 Å². The van der Waals surface area contributed by atoms with Crippen LogP contribution in [-0.4, -0.2) is 31.4 Å². The van der Waals surface area contributed by atoms with E-state index in [0.29, 0.717) is 26.9 Å². The van der Waals surface area contributed by atoms with Crippen molar-refractivity contribution in [1.29, 1.82) is 0 Å². The molecule has 0 aliphatic heterocycles. The zero-order valence-electron chi connectivity index (χ0n) is 19.5. The zero-order chi connectivity index (χ0) is 25.1. The molecule has 2 heterocycles. The summed E-state index contributed by atoms with van der Waals surface area (Å²) in [4.78, 5) is 17.3. The van der Waals surface area contributed by atoms with E-state index in [9.17, 15) is 4.79 Å². The number of para-hydroxylation sites is 3. The topological polar surface area (TPSA) is 81.9 Å². The van der Waals surface area contributed by atoms with Crippen LogP contribution in [0.2, 0.25) is 5.02 Å². The van der Waals surface area contributed by atoms with Gasteiger partial charge in [-0.05, 0) is 49.7 Å². The van der Waals surface area contributed by atoms with Crippen molar-refractivity contribution in [2.45, 2.75) is 25.1 Å². The first-order valence-corrected chi connectivity index (χ1v) is 13.4. The summed E-state index contributed by atoms with van der Waals surface area (Å²) >= 11 is 9.04. The van der Waals surface area contributed by atoms with E-state index in [2.05, 4.69) is 20.5 Å². The number of fused-ring (bicyclic) bond motifs is 1. The molecule has 36 heavy (non-hydrogen) atoms. The van der Waals surface area contributed by atoms with Gasteiger partial charge in [-0.2, -0.15) is 0 Å². The molecule has 1 unspecified atom stereocenters. The normalized spacial score (nSPS) is 12.0. The van der Waals surface area contributed by atoms with Crippen molar-refractivity contribution in [1.82, 2.24) is 19.7 Å². The minimum atomic E-state index is -0.438. The molecule has 0 aliphatic carbocycles. The minimum absolute atomic E-state index is 0.152. The van der Waals surface area contributed by atoms with Gasteiger partial charge in [-0.25, -0.2) is 4.98 Å². The molecule has 3 aromatic carbocycles. The van der Waals surface area contributed by atoms with E-state index in [-0.39, 0.29) is 11.7 Å². The van der Waals surface area contributed by atoms with Crippen LogP contribution in [0.3, 0.4) is 0 Å². The number of hydrogen-bond acceptors (Lipinski definition) is 7. The number of hydrogen-bond donors (Lipinski definition) is 1. The summed E-state index contributed by atoms with van der Waals surface area (Å²) in [5.74, 6) is 1.15. The number of benzene rings is 3. The Morgan fingerprint density at radius 3 is 2.64 bits per heavy atom. The summed E-state index contributed by atoms with van der Waals surface area (Å²) in [6.45, 7) is 3.90. The molecular weight excluding hydrogens is 514 g/mol. The molecule has 182 valence electrons. The number of carbonyl (C=O) groups is 1. The van der Waals surface area contributed by atoms with Gasteiger partial charge in [0.1, 0.15) is 5.75 Å². The molecule has 2 aromatic heterocycles. The number of amides is 1. The van der Waals surface area contributed by atoms with Crippen molar-refractivity contribution >= 4 is 56.0 Å². The second kappa shape index (κ2) is 10.7. The van der Waals surface area contributed by atoms with Crippen LogP contribution in [-0.2, 0) is 4.79 Å². The molecule has 1 N–H and O–H groups in total. The molecule has 0 fully saturated rings. The summed E-state index contributed by atoms with van der Waals surface area (Å²) in [6, 6.07) is 23.0. The van der Waals surface area contributed by atoms with E-state index in [1.54, 1.807) is 6.07 Å². The summed E-state index contributed by atoms with van der Waals surface area (Å²) < 4.78 is 9.04. The van der Waals surface area contributed by atoms with Crippen LogP contribution in [0.25, 0.3) is 15.9 Å². The van der Waals surface area contributed by atoms with Crippen LogP contribution >= 0.6 is 34.7 Å². The lowest BCUT2D eigenvalue weighted by atomic mass is 10.2. The Bertz CT molecular complexity index is 1520. The van der Waals surface area contributed by atoms with Crippen molar-refractivity contribution in [2.75, 3.05) is 11.1 Å². The van der Waals surface area contributed by atoms with Crippen LogP contribution in [0.15, 0.2) is 78.0 Å². The lowest BCUT2D eigenvalue weighted by Gasteiger charge is -2.17. The summed E-state index contributed by atoms with van der Waals surface area (Å²) in [7, 11) is 0. The predicted octanol–water partition coefficient (Wildman–Crippen LogP) is 6.71. The fourth-order valence-electron chi connectivity index (χ4n) is 3.67. The number of halogens is 1. The van der Waals surface area contributed by atoms with Crippen LogP contribution in [0.4, 0.5) is 5.13 Å². The Morgan fingerprint density at radius 2 is 1.86 bits per heavy atom. The SMILES string of the molecule is Cc1cccc2sc(NC(=O)CSc3nnc(C(C)Oc4ccccc4Cl)n3-c3ccccc3)nc12. The van der Waals surface area contributed by atoms with E-state index in [4.69, 9.17) is 16.3 Å². The third-order valence-corrected chi connectivity index (χ3v) is 7.55. The van der Waals surface area contributed by atoms with E-state index in [1.165, 1.54) is 23.1 Å². The van der Waals surface area contributed by atoms with Gasteiger partial charge in [0.25, 0.3) is 0 Å². The number of rotatable bonds is 8. The van der Waals surface area contributed by atoms with Crippen molar-refractivity contribution in [3.63, 3.8) is 0 Å². The second-order valence-corrected chi connectivity index (χ2v) is 10.4. The van der Waals surface area contributed by atoms with Gasteiger partial charge in [-0.3, -0.25) is 9.36 Å². The van der Waals surface area contributed by atoms with Gasteiger partial charge >= 0.3 is 0 Å². The van der Waals surface area contributed by atoms with Gasteiger partial charge in [0.05, 0.1) is 21.0 Å². The molecule has 0 bridgehead atoms. The predicted molar refractivity (Wildman–Crippen MR) is 146 cm³/mol. The molecule has 1 amide bonds. The van der Waals surface area contributed by atoms with Gasteiger partial charge < -0.3 is 10.1 Å². The zero-order valence-corrected chi connectivity index (χ0v) is 21.9. The fraction of sp³-hybridized carbons (Fsp3) is 0.154. The molecule has 10 heteroatoms. The quantitative estimate of drug-likeness (QED) is 0.222. The molecule has 0 saturated carbocycles. The Balaban J connectivity index is 1.35. The minimum Gasteiger partial charge on any atom is -0.481 e. The average Bonchev–Trinajstić information content (AvgIpc) is 3.49. The molecule has 5 rings (SSSR count). The summed E-state index contributed by atoms with van der Waals surface area (Å²) in [5, 5.41) is 13.4. The van der Waals surface area contributed by atoms with E-state index in [1.807, 2.05) is 85.1 Å². The maximum atomic E-state index is 12.8. The van der Waals surface area contributed by atoms with E-state index >= 15 is 0 Å². The molecule has 0 saturated heterocycles. The number of nitrogens with one attached hydrogen (secondary N) is 1. The molecule has 0 radical (unpaired) electrons. The third kappa shape index (κ3) is 5.23. The first-order valence-electron chi connectivity index (χ1n) is 11.2. The van der Waals surface area contributed by atoms with Crippen LogP contribution in [0.1, 0.15) is 24.4 Å². The standard InChI is InChI=1S/C26H22ClN5O2S2/c1-16-9-8-14-21-23(16)29-25(36-21)28-22(33)15-35-26-31-30-24(32(26)18-10-4-3-5-11-18)17(2)34-20-13-7-6-12-19(20)27/h3-14,17H,15H2,1-2H3,(H,28,29,33). The first-order chi connectivity index (χ1) is 17.5. The average molecular weight is 536 g/mol. The second-order valence-electron chi connectivity index (χ2n) is 7.98. The number of ether oxygens (including phenoxy) is 1. The largest absolute Gasteiger partial charge is 0.481 e. The number of aromatic nitrogens is 4. The molecular formula is C26H22ClN5O2S2. The maximum Gasteiger partial charge on any atom is 0.236 e.